The van der Waals surface area contributed by atoms with E-state index in [2.05, 4.69) is 152 Å². The molecule has 0 aromatic heterocycles. The molecule has 0 atom stereocenters. The molecule has 228 valence electrons. The molecule has 7 aromatic carbocycles. The molecule has 0 N–H and O–H groups in total. The summed E-state index contributed by atoms with van der Waals surface area (Å²) in [6, 6.07) is 50.1. The molecule has 0 saturated carbocycles. The summed E-state index contributed by atoms with van der Waals surface area (Å²) < 4.78 is 1.69. The molecule has 0 aliphatic heterocycles. The number of rotatable bonds is 6. The van der Waals surface area contributed by atoms with Crippen LogP contribution in [0.5, 0.6) is 0 Å². The minimum absolute atomic E-state index is 0. The first-order valence-electron chi connectivity index (χ1n) is 15.5. The quantitative estimate of drug-likeness (QED) is 0.162. The number of benzene rings is 6. The minimum Gasteiger partial charge on any atom is -0.126 e. The van der Waals surface area contributed by atoms with Crippen LogP contribution < -0.4 is 24.8 Å². The van der Waals surface area contributed by atoms with E-state index >= 15 is 0 Å². The van der Waals surface area contributed by atoms with Crippen LogP contribution >= 0.6 is 0 Å². The molecule has 0 unspecified atom stereocenters. The molecule has 0 saturated heterocycles. The third-order valence-corrected chi connectivity index (χ3v) is 9.43. The van der Waals surface area contributed by atoms with Gasteiger partial charge in [-0.1, -0.05) is 77.5 Å². The number of aryl methyl sites for hydroxylation is 2. The second kappa shape index (κ2) is 18.0. The molecular formula is C43H36Cl2Zr-2. The number of halogens is 2. The van der Waals surface area contributed by atoms with Crippen molar-refractivity contribution in [2.45, 2.75) is 32.1 Å². The first-order chi connectivity index (χ1) is 21.8. The molecule has 0 bridgehead atoms. The van der Waals surface area contributed by atoms with Crippen molar-refractivity contribution in [1.29, 1.82) is 0 Å². The fourth-order valence-electron chi connectivity index (χ4n) is 5.96. The predicted octanol–water partition coefficient (Wildman–Crippen LogP) is 5.30. The Labute approximate surface area is 300 Å². The first-order valence-corrected chi connectivity index (χ1v) is 16.7. The maximum Gasteiger partial charge on any atom is -0.0255 e. The van der Waals surface area contributed by atoms with Crippen molar-refractivity contribution >= 4 is 46.3 Å². The topological polar surface area (TPSA) is 0 Å². The zero-order chi connectivity index (χ0) is 30.0. The van der Waals surface area contributed by atoms with Gasteiger partial charge in [0.05, 0.1) is 0 Å². The van der Waals surface area contributed by atoms with Crippen molar-refractivity contribution in [2.75, 3.05) is 0 Å². The van der Waals surface area contributed by atoms with E-state index in [9.17, 15) is 0 Å². The van der Waals surface area contributed by atoms with Gasteiger partial charge in [0, 0.05) is 0 Å². The molecule has 0 spiro atoms. The Balaban J connectivity index is 0.000000176. The van der Waals surface area contributed by atoms with Crippen LogP contribution in [-0.4, -0.2) is 3.21 Å². The second-order valence-corrected chi connectivity index (χ2v) is 12.9. The van der Waals surface area contributed by atoms with E-state index in [1.807, 2.05) is 12.2 Å². The van der Waals surface area contributed by atoms with E-state index in [0.717, 1.165) is 6.42 Å². The minimum atomic E-state index is 0. The van der Waals surface area contributed by atoms with Crippen LogP contribution in [0.25, 0.3) is 43.1 Å². The SMILES string of the molecule is [C-]1=CC=CC1.[Cl-].[Cl-].[Zr+2]=[C](CCc1ccccc1)CCc1ccccc1.c1ccc2c(c1)[cH-]c1c3ccccc3c3ccccc3c21. The van der Waals surface area contributed by atoms with Crippen LogP contribution in [-0.2, 0) is 37.1 Å². The van der Waals surface area contributed by atoms with Gasteiger partial charge in [-0.05, 0) is 10.8 Å². The Bertz CT molecular complexity index is 2000. The number of fused-ring (bicyclic) bond motifs is 8. The van der Waals surface area contributed by atoms with Gasteiger partial charge in [-0.3, -0.25) is 6.08 Å². The summed E-state index contributed by atoms with van der Waals surface area (Å²) in [5.74, 6) is 0. The number of allylic oxidation sites excluding steroid dienone is 4. The maximum absolute atomic E-state index is 2.99. The molecular weight excluding hydrogens is 679 g/mol. The monoisotopic (exact) mass is 712 g/mol. The van der Waals surface area contributed by atoms with Crippen molar-refractivity contribution in [1.82, 2.24) is 0 Å². The van der Waals surface area contributed by atoms with E-state index in [0.29, 0.717) is 0 Å². The Hall–Kier alpha value is -3.48. The van der Waals surface area contributed by atoms with Gasteiger partial charge in [0.15, 0.2) is 0 Å². The molecule has 1 aliphatic rings. The third-order valence-electron chi connectivity index (χ3n) is 8.21. The largest absolute Gasteiger partial charge is 0.126 e. The van der Waals surface area contributed by atoms with Gasteiger partial charge in [-0.2, -0.15) is 6.08 Å². The second-order valence-electron chi connectivity index (χ2n) is 11.2. The molecule has 8 rings (SSSR count). The Morgan fingerprint density at radius 1 is 0.565 bits per heavy atom. The van der Waals surface area contributed by atoms with Gasteiger partial charge in [0.2, 0.25) is 0 Å². The molecule has 0 heterocycles. The van der Waals surface area contributed by atoms with Crippen LogP contribution in [0, 0.1) is 6.08 Å². The zero-order valence-corrected chi connectivity index (χ0v) is 29.8. The van der Waals surface area contributed by atoms with E-state index in [-0.39, 0.29) is 24.8 Å². The van der Waals surface area contributed by atoms with Gasteiger partial charge < -0.3 is 24.8 Å². The van der Waals surface area contributed by atoms with Gasteiger partial charge in [-0.15, -0.1) is 40.1 Å². The molecule has 0 amide bonds. The molecule has 3 heteroatoms. The van der Waals surface area contributed by atoms with Gasteiger partial charge in [0.1, 0.15) is 0 Å². The summed E-state index contributed by atoms with van der Waals surface area (Å²) in [5, 5.41) is 10.8. The van der Waals surface area contributed by atoms with Crippen LogP contribution in [0.2, 0.25) is 0 Å². The van der Waals surface area contributed by atoms with Gasteiger partial charge >= 0.3 is 125 Å². The van der Waals surface area contributed by atoms with Crippen molar-refractivity contribution in [3.05, 3.63) is 175 Å². The van der Waals surface area contributed by atoms with Crippen molar-refractivity contribution in [2.24, 2.45) is 0 Å². The summed E-state index contributed by atoms with van der Waals surface area (Å²) in [4.78, 5) is 0. The fourth-order valence-corrected chi connectivity index (χ4v) is 6.57. The molecule has 0 radical (unpaired) electrons. The molecule has 7 aromatic rings. The fraction of sp³-hybridized carbons (Fsp3) is 0.116. The number of hydrogen-bond donors (Lipinski definition) is 0. The zero-order valence-electron chi connectivity index (χ0n) is 25.8. The molecule has 1 aliphatic carbocycles. The van der Waals surface area contributed by atoms with E-state index in [1.54, 1.807) is 27.4 Å². The third kappa shape index (κ3) is 8.86. The van der Waals surface area contributed by atoms with Gasteiger partial charge in [-0.25, -0.2) is 12.2 Å². The first kappa shape index (κ1) is 35.4. The average molecular weight is 715 g/mol. The Morgan fingerprint density at radius 2 is 1.04 bits per heavy atom. The van der Waals surface area contributed by atoms with Crippen molar-refractivity contribution in [3.63, 3.8) is 0 Å². The molecule has 46 heavy (non-hydrogen) atoms. The van der Waals surface area contributed by atoms with Crippen molar-refractivity contribution < 1.29 is 49.0 Å². The van der Waals surface area contributed by atoms with Crippen molar-refractivity contribution in [3.8, 4) is 0 Å². The van der Waals surface area contributed by atoms with E-state index < -0.39 is 0 Å². The standard InChI is InChI=1S/C21H13.C17H18.C5H5.2ClH.Zr/c1-2-8-15-14(7-1)13-20-18-11-4-3-9-16(18)17-10-5-6-12-19(17)21(15)20;1-4-10-16(11-5-1)14-8-3-9-15-17-12-6-2-7-13-17;1-2-4-5-3-1;;;/h1-13H;1-2,4-7,10-13H,8-9,14-15H2;1-3H,4H2;2*1H;/q-1;;-1;;;+2/p-2. The van der Waals surface area contributed by atoms with E-state index in [1.165, 1.54) is 79.9 Å². The average Bonchev–Trinajstić information content (AvgIpc) is 3.81. The van der Waals surface area contributed by atoms with Gasteiger partial charge in [0.25, 0.3) is 0 Å². The van der Waals surface area contributed by atoms with Crippen LogP contribution in [0.1, 0.15) is 30.4 Å². The van der Waals surface area contributed by atoms with E-state index in [4.69, 9.17) is 0 Å². The van der Waals surface area contributed by atoms with Crippen LogP contribution in [0.3, 0.4) is 0 Å². The summed E-state index contributed by atoms with van der Waals surface area (Å²) in [5.41, 5.74) is 2.91. The Morgan fingerprint density at radius 3 is 1.57 bits per heavy atom. The maximum atomic E-state index is 2.99. The summed E-state index contributed by atoms with van der Waals surface area (Å²) in [7, 11) is 0. The summed E-state index contributed by atoms with van der Waals surface area (Å²) in [6.07, 6.45) is 14.9. The smallest absolute Gasteiger partial charge is 0.0255 e. The normalized spacial score (nSPS) is 11.3. The van der Waals surface area contributed by atoms with Crippen LogP contribution in [0.4, 0.5) is 0 Å². The summed E-state index contributed by atoms with van der Waals surface area (Å²) >= 11 is 1.60. The summed E-state index contributed by atoms with van der Waals surface area (Å²) in [6.45, 7) is 0. The Kier molecular flexibility index (Phi) is 13.9. The molecule has 0 nitrogen and oxygen atoms in total. The molecule has 0 fully saturated rings. The predicted molar refractivity (Wildman–Crippen MR) is 188 cm³/mol. The van der Waals surface area contributed by atoms with Crippen LogP contribution in [0.15, 0.2) is 158 Å². The number of hydrogen-bond acceptors (Lipinski definition) is 0.